The minimum Gasteiger partial charge on any atom is -0.326 e. The predicted octanol–water partition coefficient (Wildman–Crippen LogP) is 2.89. The number of carbonyl (C=O) groups excluding carboxylic acids is 1. The van der Waals surface area contributed by atoms with Gasteiger partial charge in [0.2, 0.25) is 5.91 Å². The van der Waals surface area contributed by atoms with E-state index in [4.69, 9.17) is 0 Å². The van der Waals surface area contributed by atoms with Crippen LogP contribution in [0.4, 0.5) is 5.69 Å². The molecule has 1 aromatic heterocycles. The first-order chi connectivity index (χ1) is 9.65. The zero-order valence-electron chi connectivity index (χ0n) is 11.8. The van der Waals surface area contributed by atoms with E-state index in [0.29, 0.717) is 0 Å². The molecule has 1 heterocycles. The van der Waals surface area contributed by atoms with Crippen molar-refractivity contribution in [2.45, 2.75) is 26.4 Å². The molecule has 0 saturated carbocycles. The zero-order valence-corrected chi connectivity index (χ0v) is 11.8. The van der Waals surface area contributed by atoms with Crippen LogP contribution in [0, 0.1) is 0 Å². The summed E-state index contributed by atoms with van der Waals surface area (Å²) in [4.78, 5) is 15.3. The Morgan fingerprint density at radius 3 is 2.55 bits per heavy atom. The Morgan fingerprint density at radius 2 is 1.95 bits per heavy atom. The molecule has 0 spiro atoms. The van der Waals surface area contributed by atoms with Crippen LogP contribution in [0.2, 0.25) is 0 Å². The molecule has 1 aromatic carbocycles. The second kappa shape index (κ2) is 6.82. The van der Waals surface area contributed by atoms with Gasteiger partial charge in [-0.3, -0.25) is 9.78 Å². The van der Waals surface area contributed by atoms with Gasteiger partial charge in [0.25, 0.3) is 0 Å². The van der Waals surface area contributed by atoms with Gasteiger partial charge >= 0.3 is 0 Å². The van der Waals surface area contributed by atoms with Gasteiger partial charge < -0.3 is 10.6 Å². The topological polar surface area (TPSA) is 54.0 Å². The highest BCUT2D eigenvalue weighted by molar-refractivity contribution is 5.88. The molecule has 1 atom stereocenters. The fourth-order valence-corrected chi connectivity index (χ4v) is 1.92. The van der Waals surface area contributed by atoms with Crippen molar-refractivity contribution in [1.82, 2.24) is 10.3 Å². The van der Waals surface area contributed by atoms with Crippen LogP contribution in [0.3, 0.4) is 0 Å². The molecule has 104 valence electrons. The van der Waals surface area contributed by atoms with Crippen molar-refractivity contribution in [3.8, 4) is 0 Å². The first-order valence-electron chi connectivity index (χ1n) is 6.66. The Morgan fingerprint density at radius 1 is 1.20 bits per heavy atom. The monoisotopic (exact) mass is 269 g/mol. The summed E-state index contributed by atoms with van der Waals surface area (Å²) in [6.45, 7) is 4.36. The van der Waals surface area contributed by atoms with E-state index in [1.165, 1.54) is 12.5 Å². The molecule has 2 aromatic rings. The second-order valence-electron chi connectivity index (χ2n) is 4.74. The lowest BCUT2D eigenvalue weighted by Gasteiger charge is -2.13. The predicted molar refractivity (Wildman–Crippen MR) is 80.2 cm³/mol. The summed E-state index contributed by atoms with van der Waals surface area (Å²) in [7, 11) is 0. The number of aromatic nitrogens is 1. The Hall–Kier alpha value is -2.20. The summed E-state index contributed by atoms with van der Waals surface area (Å²) in [6, 6.07) is 13.9. The van der Waals surface area contributed by atoms with E-state index in [0.717, 1.165) is 17.9 Å². The van der Waals surface area contributed by atoms with Crippen LogP contribution in [0.15, 0.2) is 48.7 Å². The second-order valence-corrected chi connectivity index (χ2v) is 4.74. The molecular formula is C16H19N3O. The number of nitrogens with one attached hydrogen (secondary N) is 2. The number of carbonyl (C=O) groups is 1. The molecule has 0 fully saturated rings. The van der Waals surface area contributed by atoms with Crippen molar-refractivity contribution < 1.29 is 4.79 Å². The van der Waals surface area contributed by atoms with Gasteiger partial charge in [-0.2, -0.15) is 0 Å². The molecule has 1 unspecified atom stereocenters. The maximum Gasteiger partial charge on any atom is 0.221 e. The van der Waals surface area contributed by atoms with Gasteiger partial charge in [0.15, 0.2) is 0 Å². The Balaban J connectivity index is 1.89. The molecule has 0 saturated heterocycles. The zero-order chi connectivity index (χ0) is 14.4. The van der Waals surface area contributed by atoms with E-state index in [1.54, 1.807) is 6.20 Å². The van der Waals surface area contributed by atoms with Crippen molar-refractivity contribution in [3.05, 3.63) is 59.9 Å². The molecule has 2 N–H and O–H groups in total. The molecular weight excluding hydrogens is 250 g/mol. The number of anilines is 1. The molecule has 0 bridgehead atoms. The minimum atomic E-state index is -0.0559. The maximum atomic E-state index is 10.9. The van der Waals surface area contributed by atoms with Gasteiger partial charge in [-0.05, 0) is 36.8 Å². The number of nitrogens with zero attached hydrogens (tertiary/aromatic N) is 1. The third-order valence-corrected chi connectivity index (χ3v) is 3.02. The first-order valence-corrected chi connectivity index (χ1v) is 6.66. The number of amides is 1. The van der Waals surface area contributed by atoms with Crippen LogP contribution >= 0.6 is 0 Å². The lowest BCUT2D eigenvalue weighted by Crippen LogP contribution is -2.18. The van der Waals surface area contributed by atoms with E-state index in [1.807, 2.05) is 42.5 Å². The molecule has 4 heteroatoms. The molecule has 1 amide bonds. The van der Waals surface area contributed by atoms with E-state index in [2.05, 4.69) is 22.5 Å². The molecule has 0 aliphatic heterocycles. The van der Waals surface area contributed by atoms with E-state index >= 15 is 0 Å². The number of hydrogen-bond acceptors (Lipinski definition) is 3. The van der Waals surface area contributed by atoms with Gasteiger partial charge in [0.05, 0.1) is 5.69 Å². The molecule has 2 rings (SSSR count). The fourth-order valence-electron chi connectivity index (χ4n) is 1.92. The Bertz CT molecular complexity index is 552. The molecule has 0 aliphatic carbocycles. The third kappa shape index (κ3) is 4.17. The average molecular weight is 269 g/mol. The van der Waals surface area contributed by atoms with Crippen LogP contribution in [0.1, 0.15) is 31.1 Å². The number of hydrogen-bond donors (Lipinski definition) is 2. The van der Waals surface area contributed by atoms with E-state index in [-0.39, 0.29) is 11.9 Å². The maximum absolute atomic E-state index is 10.9. The summed E-state index contributed by atoms with van der Waals surface area (Å²) < 4.78 is 0. The quantitative estimate of drug-likeness (QED) is 0.877. The van der Waals surface area contributed by atoms with Crippen LogP contribution in [-0.4, -0.2) is 10.9 Å². The summed E-state index contributed by atoms with van der Waals surface area (Å²) in [5.41, 5.74) is 3.02. The van der Waals surface area contributed by atoms with Crippen LogP contribution in [0.5, 0.6) is 0 Å². The fraction of sp³-hybridized carbons (Fsp3) is 0.250. The molecule has 0 radical (unpaired) electrons. The lowest BCUT2D eigenvalue weighted by molar-refractivity contribution is -0.114. The number of pyridine rings is 1. The summed E-state index contributed by atoms with van der Waals surface area (Å²) in [5.74, 6) is -0.0559. The average Bonchev–Trinajstić information content (AvgIpc) is 2.46. The van der Waals surface area contributed by atoms with Crippen molar-refractivity contribution in [1.29, 1.82) is 0 Å². The highest BCUT2D eigenvalue weighted by atomic mass is 16.1. The summed E-state index contributed by atoms with van der Waals surface area (Å²) in [5, 5.41) is 6.18. The van der Waals surface area contributed by atoms with Gasteiger partial charge in [-0.1, -0.05) is 18.2 Å². The Kier molecular flexibility index (Phi) is 4.85. The van der Waals surface area contributed by atoms with Crippen molar-refractivity contribution in [3.63, 3.8) is 0 Å². The van der Waals surface area contributed by atoms with Crippen molar-refractivity contribution in [2.24, 2.45) is 0 Å². The summed E-state index contributed by atoms with van der Waals surface area (Å²) in [6.07, 6.45) is 1.80. The van der Waals surface area contributed by atoms with Crippen LogP contribution in [-0.2, 0) is 11.3 Å². The highest BCUT2D eigenvalue weighted by Crippen LogP contribution is 2.12. The molecule has 0 aliphatic rings. The SMILES string of the molecule is CC(=O)Nc1ccc(CNC(C)c2ccccn2)cc1. The number of rotatable bonds is 5. The van der Waals surface area contributed by atoms with Crippen LogP contribution < -0.4 is 10.6 Å². The van der Waals surface area contributed by atoms with Gasteiger partial charge in [0, 0.05) is 31.4 Å². The standard InChI is InChI=1S/C16H19N3O/c1-12(16-5-3-4-10-17-16)18-11-14-6-8-15(9-7-14)19-13(2)20/h3-10,12,18H,11H2,1-2H3,(H,19,20). The van der Waals surface area contributed by atoms with Gasteiger partial charge in [0.1, 0.15) is 0 Å². The van der Waals surface area contributed by atoms with Crippen molar-refractivity contribution in [2.75, 3.05) is 5.32 Å². The van der Waals surface area contributed by atoms with E-state index in [9.17, 15) is 4.79 Å². The smallest absolute Gasteiger partial charge is 0.221 e. The van der Waals surface area contributed by atoms with Gasteiger partial charge in [-0.25, -0.2) is 0 Å². The normalized spacial score (nSPS) is 11.9. The highest BCUT2D eigenvalue weighted by Gasteiger charge is 2.05. The summed E-state index contributed by atoms with van der Waals surface area (Å²) >= 11 is 0. The molecule has 4 nitrogen and oxygen atoms in total. The van der Waals surface area contributed by atoms with Crippen molar-refractivity contribution >= 4 is 11.6 Å². The van der Waals surface area contributed by atoms with Crippen LogP contribution in [0.25, 0.3) is 0 Å². The number of benzene rings is 1. The van der Waals surface area contributed by atoms with E-state index < -0.39 is 0 Å². The lowest BCUT2D eigenvalue weighted by atomic mass is 10.1. The Labute approximate surface area is 119 Å². The van der Waals surface area contributed by atoms with Gasteiger partial charge in [-0.15, -0.1) is 0 Å². The largest absolute Gasteiger partial charge is 0.326 e. The third-order valence-electron chi connectivity index (χ3n) is 3.02. The minimum absolute atomic E-state index is 0.0559. The molecule has 20 heavy (non-hydrogen) atoms. The first kappa shape index (κ1) is 14.2.